The van der Waals surface area contributed by atoms with Crippen LogP contribution >= 0.6 is 0 Å². The fraction of sp³-hybridized carbons (Fsp3) is 0.647. The molecule has 3 heterocycles. The highest BCUT2D eigenvalue weighted by atomic mass is 16.6. The Balaban J connectivity index is 1.54. The molecule has 0 saturated carbocycles. The fourth-order valence-electron chi connectivity index (χ4n) is 7.31. The van der Waals surface area contributed by atoms with E-state index in [9.17, 15) is 19.2 Å². The Bertz CT molecular complexity index is 1390. The number of fused-ring (bicyclic) bond motifs is 1. The van der Waals surface area contributed by atoms with Gasteiger partial charge in [-0.1, -0.05) is 52.0 Å². The second-order valence-electron chi connectivity index (χ2n) is 13.4. The van der Waals surface area contributed by atoms with Crippen LogP contribution in [0.5, 0.6) is 0 Å². The van der Waals surface area contributed by atoms with Gasteiger partial charge < -0.3 is 20.1 Å². The van der Waals surface area contributed by atoms with Gasteiger partial charge in [-0.15, -0.1) is 5.10 Å². The Morgan fingerprint density at radius 3 is 2.31 bits per heavy atom. The molecule has 2 N–H and O–H groups in total. The normalized spacial score (nSPS) is 31.7. The molecule has 0 radical (unpaired) electrons. The number of nitrogen functional groups attached to an aromatic ring is 1. The second-order valence-corrected chi connectivity index (χ2v) is 13.4. The number of cyclic esters (lactones) is 1. The number of hydrogen-bond donors (Lipinski definition) is 1. The van der Waals surface area contributed by atoms with Crippen LogP contribution in [0.25, 0.3) is 11.3 Å². The van der Waals surface area contributed by atoms with E-state index in [4.69, 9.17) is 15.2 Å². The number of Topliss-reactive ketones (excluding diaryl/α,β-unsaturated/α-hetero) is 2. The molecule has 2 saturated heterocycles. The largest absolute Gasteiger partial charge is 0.458 e. The lowest BCUT2D eigenvalue weighted by molar-refractivity contribution is -0.171. The highest BCUT2D eigenvalue weighted by Crippen LogP contribution is 2.41. The first kappa shape index (κ1) is 34.1. The maximum atomic E-state index is 13.9. The SMILES string of the molecule is CC[C@H]1OC(=O)C(C)C(=O)[C@H](C)C[C@@H](C)C[C@@H](C)C(=O)[C@H](C)[C@H]2N(CCCCn3cc(-c4cccc(N)c4)nn3)C(=O)O[C@]12C. The molecule has 2 aromatic rings. The van der Waals surface area contributed by atoms with E-state index in [-0.39, 0.29) is 29.3 Å². The fourth-order valence-corrected chi connectivity index (χ4v) is 7.31. The molecular weight excluding hydrogens is 574 g/mol. The smallest absolute Gasteiger partial charge is 0.410 e. The average Bonchev–Trinajstić information content (AvgIpc) is 3.57. The highest BCUT2D eigenvalue weighted by Gasteiger charge is 2.59. The van der Waals surface area contributed by atoms with Gasteiger partial charge in [-0.25, -0.2) is 4.79 Å². The second kappa shape index (κ2) is 14.1. The molecule has 0 bridgehead atoms. The van der Waals surface area contributed by atoms with Crippen molar-refractivity contribution >= 4 is 29.3 Å². The molecule has 11 nitrogen and oxygen atoms in total. The Hall–Kier alpha value is -3.76. The summed E-state index contributed by atoms with van der Waals surface area (Å²) in [5, 5.41) is 8.50. The summed E-state index contributed by atoms with van der Waals surface area (Å²) in [4.78, 5) is 55.4. The van der Waals surface area contributed by atoms with Crippen molar-refractivity contribution < 1.29 is 28.7 Å². The first-order chi connectivity index (χ1) is 21.3. The van der Waals surface area contributed by atoms with Crippen molar-refractivity contribution in [2.24, 2.45) is 29.6 Å². The van der Waals surface area contributed by atoms with Crippen molar-refractivity contribution in [3.63, 3.8) is 0 Å². The van der Waals surface area contributed by atoms with E-state index in [1.807, 2.05) is 65.1 Å². The van der Waals surface area contributed by atoms with E-state index < -0.39 is 41.6 Å². The number of ether oxygens (including phenoxy) is 2. The van der Waals surface area contributed by atoms with Crippen molar-refractivity contribution in [2.75, 3.05) is 12.3 Å². The Kier molecular flexibility index (Phi) is 10.7. The molecule has 11 heteroatoms. The number of amides is 1. The predicted molar refractivity (Wildman–Crippen MR) is 170 cm³/mol. The number of nitrogens with zero attached hydrogens (tertiary/aromatic N) is 4. The molecule has 1 amide bonds. The number of carbonyl (C=O) groups is 4. The predicted octanol–water partition coefficient (Wildman–Crippen LogP) is 5.32. The summed E-state index contributed by atoms with van der Waals surface area (Å²) in [5.74, 6) is -2.78. The maximum Gasteiger partial charge on any atom is 0.410 e. The number of unbranched alkanes of at least 4 members (excludes halogenated alkanes) is 1. The summed E-state index contributed by atoms with van der Waals surface area (Å²) in [7, 11) is 0. The topological polar surface area (TPSA) is 147 Å². The van der Waals surface area contributed by atoms with Crippen LogP contribution in [0.3, 0.4) is 0 Å². The number of hydrogen-bond acceptors (Lipinski definition) is 9. The monoisotopic (exact) mass is 623 g/mol. The Labute approximate surface area is 266 Å². The van der Waals surface area contributed by atoms with Crippen LogP contribution in [-0.2, 0) is 30.4 Å². The third-order valence-corrected chi connectivity index (χ3v) is 9.68. The van der Waals surface area contributed by atoms with Gasteiger partial charge in [0, 0.05) is 42.1 Å². The van der Waals surface area contributed by atoms with Crippen LogP contribution < -0.4 is 5.73 Å². The van der Waals surface area contributed by atoms with Crippen LogP contribution in [0.4, 0.5) is 10.5 Å². The van der Waals surface area contributed by atoms with Gasteiger partial charge in [-0.2, -0.15) is 0 Å². The first-order valence-corrected chi connectivity index (χ1v) is 16.3. The van der Waals surface area contributed by atoms with E-state index in [1.165, 1.54) is 0 Å². The molecule has 8 atom stereocenters. The van der Waals surface area contributed by atoms with Gasteiger partial charge in [-0.3, -0.25) is 19.1 Å². The van der Waals surface area contributed by atoms with E-state index >= 15 is 0 Å². The minimum absolute atomic E-state index is 0.0312. The number of anilines is 1. The van der Waals surface area contributed by atoms with Gasteiger partial charge >= 0.3 is 12.1 Å². The summed E-state index contributed by atoms with van der Waals surface area (Å²) in [6, 6.07) is 6.81. The van der Waals surface area contributed by atoms with Crippen molar-refractivity contribution in [1.82, 2.24) is 19.9 Å². The molecule has 1 aromatic heterocycles. The van der Waals surface area contributed by atoms with Crippen molar-refractivity contribution in [1.29, 1.82) is 0 Å². The van der Waals surface area contributed by atoms with Crippen molar-refractivity contribution in [3.05, 3.63) is 30.5 Å². The number of esters is 1. The van der Waals surface area contributed by atoms with Gasteiger partial charge in [0.1, 0.15) is 29.3 Å². The molecule has 0 aliphatic carbocycles. The Morgan fingerprint density at radius 2 is 1.64 bits per heavy atom. The van der Waals surface area contributed by atoms with Gasteiger partial charge in [0.15, 0.2) is 5.60 Å². The molecule has 1 aromatic carbocycles. The summed E-state index contributed by atoms with van der Waals surface area (Å²) >= 11 is 0. The zero-order valence-electron chi connectivity index (χ0n) is 27.7. The Morgan fingerprint density at radius 1 is 0.978 bits per heavy atom. The lowest BCUT2D eigenvalue weighted by atomic mass is 9.75. The lowest BCUT2D eigenvalue weighted by Gasteiger charge is -2.40. The van der Waals surface area contributed by atoms with Gasteiger partial charge in [-0.05, 0) is 64.0 Å². The van der Waals surface area contributed by atoms with E-state index in [1.54, 1.807) is 23.4 Å². The quantitative estimate of drug-likeness (QED) is 0.187. The summed E-state index contributed by atoms with van der Waals surface area (Å²) in [6.45, 7) is 13.8. The lowest BCUT2D eigenvalue weighted by Crippen LogP contribution is -2.57. The molecule has 2 fully saturated rings. The van der Waals surface area contributed by atoms with Gasteiger partial charge in [0.2, 0.25) is 0 Å². The van der Waals surface area contributed by atoms with Crippen LogP contribution in [0.15, 0.2) is 30.5 Å². The zero-order valence-corrected chi connectivity index (χ0v) is 27.7. The number of nitrogens with two attached hydrogens (primary N) is 1. The van der Waals surface area contributed by atoms with E-state index in [2.05, 4.69) is 10.3 Å². The average molecular weight is 624 g/mol. The van der Waals surface area contributed by atoms with Crippen LogP contribution in [0.1, 0.15) is 80.6 Å². The first-order valence-electron chi connectivity index (χ1n) is 16.3. The number of aryl methyl sites for hydroxylation is 1. The minimum Gasteiger partial charge on any atom is -0.458 e. The number of benzene rings is 1. The van der Waals surface area contributed by atoms with Crippen molar-refractivity contribution in [2.45, 2.75) is 105 Å². The number of carbonyl (C=O) groups excluding carboxylic acids is 4. The summed E-state index contributed by atoms with van der Waals surface area (Å²) < 4.78 is 13.8. The molecule has 246 valence electrons. The van der Waals surface area contributed by atoms with Gasteiger partial charge in [0.05, 0.1) is 12.2 Å². The molecular formula is C34H49N5O6. The number of rotatable bonds is 7. The highest BCUT2D eigenvalue weighted by molar-refractivity contribution is 5.99. The molecule has 45 heavy (non-hydrogen) atoms. The molecule has 4 rings (SSSR count). The minimum atomic E-state index is -1.28. The number of aromatic nitrogens is 3. The molecule has 1 unspecified atom stereocenters. The maximum absolute atomic E-state index is 13.9. The molecule has 2 aliphatic heterocycles. The van der Waals surface area contributed by atoms with E-state index in [0.717, 1.165) is 11.3 Å². The van der Waals surface area contributed by atoms with Crippen LogP contribution in [0.2, 0.25) is 0 Å². The zero-order chi connectivity index (χ0) is 33.1. The third kappa shape index (κ3) is 7.39. The molecule has 0 spiro atoms. The van der Waals surface area contributed by atoms with Crippen LogP contribution in [-0.4, -0.2) is 67.8 Å². The summed E-state index contributed by atoms with van der Waals surface area (Å²) in [6.07, 6.45) is 3.38. The summed E-state index contributed by atoms with van der Waals surface area (Å²) in [5.41, 5.74) is 6.89. The van der Waals surface area contributed by atoms with Gasteiger partial charge in [0.25, 0.3) is 0 Å². The third-order valence-electron chi connectivity index (χ3n) is 9.68. The standard InChI is InChI=1S/C34H49N5O6/c1-8-28-34(7)31(23(5)29(40)21(3)16-20(2)17-22(4)30(41)24(6)32(42)44-28)39(33(43)45-34)15-10-9-14-38-19-27(36-37-38)25-12-11-13-26(35)18-25/h11-13,18-24,28,31H,8-10,14-17,35H2,1-7H3/t20-,21+,22+,23-,24?,28+,31+,34+/m0/s1. The molecule has 2 aliphatic rings. The van der Waals surface area contributed by atoms with Crippen LogP contribution in [0, 0.1) is 29.6 Å². The number of ketones is 2. The van der Waals surface area contributed by atoms with Crippen molar-refractivity contribution in [3.8, 4) is 11.3 Å². The van der Waals surface area contributed by atoms with E-state index in [0.29, 0.717) is 50.9 Å².